The van der Waals surface area contributed by atoms with Gasteiger partial charge in [-0.05, 0) is 29.7 Å². The lowest BCUT2D eigenvalue weighted by atomic mass is 10.0. The van der Waals surface area contributed by atoms with Gasteiger partial charge in [0.25, 0.3) is 0 Å². The summed E-state index contributed by atoms with van der Waals surface area (Å²) < 4.78 is 44.5. The Morgan fingerprint density at radius 2 is 1.70 bits per heavy atom. The summed E-state index contributed by atoms with van der Waals surface area (Å²) in [5, 5.41) is 10.5. The van der Waals surface area contributed by atoms with Crippen molar-refractivity contribution < 1.29 is 27.7 Å². The van der Waals surface area contributed by atoms with Crippen molar-refractivity contribution in [3.63, 3.8) is 0 Å². The Labute approximate surface area is 195 Å². The predicted octanol–water partition coefficient (Wildman–Crippen LogP) is 2.33. The van der Waals surface area contributed by atoms with Crippen LogP contribution in [-0.4, -0.2) is 81.4 Å². The van der Waals surface area contributed by atoms with Crippen LogP contribution in [0.3, 0.4) is 0 Å². The van der Waals surface area contributed by atoms with E-state index in [-0.39, 0.29) is 11.5 Å². The molecular weight excluding hydrogens is 444 g/mol. The molecule has 2 aliphatic rings. The summed E-state index contributed by atoms with van der Waals surface area (Å²) >= 11 is 0. The standard InChI is InChI=1S/C24H32N2O6S/c1-18(2)21-5-3-4-6-22(21)32-17-19(27)16-25-9-11-26(12-10-25)33(28,29)20-7-8-23-24(15-20)31-14-13-30-23/h3-8,15,18-19,27H,9-14,16-17H2,1-2H3. The number of hydrogen-bond acceptors (Lipinski definition) is 7. The molecule has 1 atom stereocenters. The maximum absolute atomic E-state index is 13.1. The molecule has 2 aliphatic heterocycles. The molecule has 1 unspecified atom stereocenters. The summed E-state index contributed by atoms with van der Waals surface area (Å²) in [4.78, 5) is 2.27. The molecule has 1 saturated heterocycles. The molecule has 0 spiro atoms. The number of piperazine rings is 1. The molecule has 1 N–H and O–H groups in total. The normalized spacial score (nSPS) is 18.3. The van der Waals surface area contributed by atoms with E-state index in [4.69, 9.17) is 14.2 Å². The van der Waals surface area contributed by atoms with E-state index >= 15 is 0 Å². The summed E-state index contributed by atoms with van der Waals surface area (Å²) in [5.74, 6) is 2.16. The summed E-state index contributed by atoms with van der Waals surface area (Å²) in [6.07, 6.45) is -0.661. The van der Waals surface area contributed by atoms with Crippen molar-refractivity contribution in [2.45, 2.75) is 30.8 Å². The van der Waals surface area contributed by atoms with Crippen molar-refractivity contribution in [1.29, 1.82) is 0 Å². The van der Waals surface area contributed by atoms with Gasteiger partial charge in [-0.1, -0.05) is 32.0 Å². The van der Waals surface area contributed by atoms with Crippen LogP contribution in [0.5, 0.6) is 17.2 Å². The van der Waals surface area contributed by atoms with Crippen LogP contribution in [0.15, 0.2) is 47.4 Å². The number of β-amino-alcohol motifs (C(OH)–C–C–N with tert-alkyl or cyclic N) is 1. The van der Waals surface area contributed by atoms with Gasteiger partial charge < -0.3 is 19.3 Å². The highest BCUT2D eigenvalue weighted by Gasteiger charge is 2.30. The lowest BCUT2D eigenvalue weighted by Crippen LogP contribution is -2.50. The fourth-order valence-electron chi connectivity index (χ4n) is 4.11. The number of ether oxygens (including phenoxy) is 3. The lowest BCUT2D eigenvalue weighted by molar-refractivity contribution is 0.0565. The van der Waals surface area contributed by atoms with Gasteiger partial charge in [-0.2, -0.15) is 4.31 Å². The maximum Gasteiger partial charge on any atom is 0.243 e. The number of rotatable bonds is 8. The van der Waals surface area contributed by atoms with Crippen LogP contribution in [-0.2, 0) is 10.0 Å². The predicted molar refractivity (Wildman–Crippen MR) is 125 cm³/mol. The van der Waals surface area contributed by atoms with Crippen molar-refractivity contribution >= 4 is 10.0 Å². The number of hydrogen-bond donors (Lipinski definition) is 1. The average Bonchev–Trinajstić information content (AvgIpc) is 2.83. The van der Waals surface area contributed by atoms with Gasteiger partial charge in [0, 0.05) is 38.8 Å². The first-order valence-corrected chi connectivity index (χ1v) is 12.8. The van der Waals surface area contributed by atoms with Gasteiger partial charge in [-0.3, -0.25) is 4.90 Å². The van der Waals surface area contributed by atoms with Crippen LogP contribution in [0.4, 0.5) is 0 Å². The number of aliphatic hydroxyl groups excluding tert-OH is 1. The molecule has 0 bridgehead atoms. The first kappa shape index (κ1) is 23.8. The van der Waals surface area contributed by atoms with Gasteiger partial charge >= 0.3 is 0 Å². The Balaban J connectivity index is 1.29. The number of sulfonamides is 1. The van der Waals surface area contributed by atoms with E-state index < -0.39 is 16.1 Å². The second kappa shape index (κ2) is 10.3. The number of para-hydroxylation sites is 1. The number of aliphatic hydroxyl groups is 1. The monoisotopic (exact) mass is 476 g/mol. The van der Waals surface area contributed by atoms with E-state index in [1.54, 1.807) is 12.1 Å². The molecule has 0 radical (unpaired) electrons. The van der Waals surface area contributed by atoms with E-state index in [1.165, 1.54) is 10.4 Å². The highest BCUT2D eigenvalue weighted by molar-refractivity contribution is 7.89. The number of fused-ring (bicyclic) bond motifs is 1. The molecule has 0 saturated carbocycles. The molecule has 0 amide bonds. The van der Waals surface area contributed by atoms with Crippen LogP contribution >= 0.6 is 0 Å². The van der Waals surface area contributed by atoms with Gasteiger partial charge in [-0.25, -0.2) is 8.42 Å². The topological polar surface area (TPSA) is 88.5 Å². The lowest BCUT2D eigenvalue weighted by Gasteiger charge is -2.35. The highest BCUT2D eigenvalue weighted by atomic mass is 32.2. The third-order valence-electron chi connectivity index (χ3n) is 5.92. The summed E-state index contributed by atoms with van der Waals surface area (Å²) in [6.45, 7) is 7.52. The molecule has 180 valence electrons. The highest BCUT2D eigenvalue weighted by Crippen LogP contribution is 2.33. The molecule has 2 aromatic rings. The van der Waals surface area contributed by atoms with E-state index in [2.05, 4.69) is 18.7 Å². The van der Waals surface area contributed by atoms with Gasteiger partial charge in [0.05, 0.1) is 4.90 Å². The minimum Gasteiger partial charge on any atom is -0.491 e. The van der Waals surface area contributed by atoms with Crippen LogP contribution in [0, 0.1) is 0 Å². The van der Waals surface area contributed by atoms with E-state index in [0.717, 1.165) is 11.3 Å². The minimum atomic E-state index is -3.62. The number of benzene rings is 2. The maximum atomic E-state index is 13.1. The molecule has 0 aromatic heterocycles. The first-order chi connectivity index (χ1) is 15.8. The summed E-state index contributed by atoms with van der Waals surface area (Å²) in [6, 6.07) is 12.6. The van der Waals surface area contributed by atoms with Crippen LogP contribution in [0.2, 0.25) is 0 Å². The van der Waals surface area contributed by atoms with Crippen molar-refractivity contribution in [2.75, 3.05) is 52.5 Å². The molecule has 9 heteroatoms. The third kappa shape index (κ3) is 5.60. The fourth-order valence-corrected chi connectivity index (χ4v) is 5.55. The van der Waals surface area contributed by atoms with Crippen molar-refractivity contribution in [2.24, 2.45) is 0 Å². The molecular formula is C24H32N2O6S. The minimum absolute atomic E-state index is 0.194. The fraction of sp³-hybridized carbons (Fsp3) is 0.500. The molecule has 2 heterocycles. The van der Waals surface area contributed by atoms with Crippen molar-refractivity contribution in [3.8, 4) is 17.2 Å². The Morgan fingerprint density at radius 3 is 2.42 bits per heavy atom. The Bertz CT molecular complexity index is 1050. The zero-order chi connectivity index (χ0) is 23.4. The van der Waals surface area contributed by atoms with Gasteiger partial charge in [-0.15, -0.1) is 0 Å². The van der Waals surface area contributed by atoms with Crippen molar-refractivity contribution in [1.82, 2.24) is 9.21 Å². The number of nitrogens with zero attached hydrogens (tertiary/aromatic N) is 2. The van der Waals surface area contributed by atoms with Crippen LogP contribution < -0.4 is 14.2 Å². The van der Waals surface area contributed by atoms with E-state index in [9.17, 15) is 13.5 Å². The molecule has 33 heavy (non-hydrogen) atoms. The Kier molecular flexibility index (Phi) is 7.43. The Morgan fingerprint density at radius 1 is 1.00 bits per heavy atom. The van der Waals surface area contributed by atoms with Gasteiger partial charge in [0.1, 0.15) is 31.7 Å². The third-order valence-corrected chi connectivity index (χ3v) is 7.82. The zero-order valence-corrected chi connectivity index (χ0v) is 20.0. The zero-order valence-electron chi connectivity index (χ0n) is 19.1. The van der Waals surface area contributed by atoms with Crippen LogP contribution in [0.25, 0.3) is 0 Å². The molecule has 4 rings (SSSR count). The smallest absolute Gasteiger partial charge is 0.243 e. The van der Waals surface area contributed by atoms with Crippen LogP contribution in [0.1, 0.15) is 25.3 Å². The quantitative estimate of drug-likeness (QED) is 0.626. The molecule has 0 aliphatic carbocycles. The molecule has 8 nitrogen and oxygen atoms in total. The Hall–Kier alpha value is -2.33. The van der Waals surface area contributed by atoms with E-state index in [1.807, 2.05) is 24.3 Å². The molecule has 1 fully saturated rings. The van der Waals surface area contributed by atoms with E-state index in [0.29, 0.717) is 63.4 Å². The molecule has 2 aromatic carbocycles. The summed E-state index contributed by atoms with van der Waals surface area (Å²) in [7, 11) is -3.62. The van der Waals surface area contributed by atoms with Crippen molar-refractivity contribution in [3.05, 3.63) is 48.0 Å². The van der Waals surface area contributed by atoms with Gasteiger partial charge in [0.15, 0.2) is 11.5 Å². The second-order valence-corrected chi connectivity index (χ2v) is 10.6. The second-order valence-electron chi connectivity index (χ2n) is 8.67. The first-order valence-electron chi connectivity index (χ1n) is 11.4. The van der Waals surface area contributed by atoms with Gasteiger partial charge in [0.2, 0.25) is 10.0 Å². The SMILES string of the molecule is CC(C)c1ccccc1OCC(O)CN1CCN(S(=O)(=O)c2ccc3c(c2)OCCO3)CC1. The largest absolute Gasteiger partial charge is 0.491 e. The summed E-state index contributed by atoms with van der Waals surface area (Å²) in [5.41, 5.74) is 1.11. The average molecular weight is 477 g/mol.